The van der Waals surface area contributed by atoms with E-state index >= 15 is 0 Å². The molecule has 2 aromatic carbocycles. The number of benzene rings is 2. The maximum Gasteiger partial charge on any atom is 0.257 e. The third-order valence-electron chi connectivity index (χ3n) is 6.16. The lowest BCUT2D eigenvalue weighted by molar-refractivity contribution is 0.0660. The first kappa shape index (κ1) is 20.4. The molecule has 0 spiro atoms. The predicted molar refractivity (Wildman–Crippen MR) is 121 cm³/mol. The van der Waals surface area contributed by atoms with Crippen molar-refractivity contribution in [3.05, 3.63) is 71.9 Å². The Kier molecular flexibility index (Phi) is 6.00. The molecule has 3 aromatic rings. The van der Waals surface area contributed by atoms with Crippen LogP contribution in [0.2, 0.25) is 0 Å². The smallest absolute Gasteiger partial charge is 0.257 e. The van der Waals surface area contributed by atoms with Gasteiger partial charge < -0.3 is 9.80 Å². The van der Waals surface area contributed by atoms with Gasteiger partial charge in [-0.05, 0) is 57.1 Å². The van der Waals surface area contributed by atoms with E-state index in [1.807, 2.05) is 53.2 Å². The van der Waals surface area contributed by atoms with Crippen LogP contribution in [0.3, 0.4) is 0 Å². The summed E-state index contributed by atoms with van der Waals surface area (Å²) in [4.78, 5) is 17.8. The summed E-state index contributed by atoms with van der Waals surface area (Å²) in [6.07, 6.45) is 4.88. The first-order valence-electron chi connectivity index (χ1n) is 10.8. The summed E-state index contributed by atoms with van der Waals surface area (Å²) in [6, 6.07) is 18.6. The molecule has 1 fully saturated rings. The summed E-state index contributed by atoms with van der Waals surface area (Å²) < 4.78 is 1.82. The second kappa shape index (κ2) is 8.84. The zero-order chi connectivity index (χ0) is 21.1. The number of rotatable bonds is 5. The Morgan fingerprint density at radius 2 is 1.73 bits per heavy atom. The molecule has 156 valence electrons. The summed E-state index contributed by atoms with van der Waals surface area (Å²) >= 11 is 0. The summed E-state index contributed by atoms with van der Waals surface area (Å²) in [5, 5.41) is 4.83. The summed E-state index contributed by atoms with van der Waals surface area (Å²) in [6.45, 7) is 4.19. The largest absolute Gasteiger partial charge is 0.339 e. The lowest BCUT2D eigenvalue weighted by Crippen LogP contribution is -2.44. The van der Waals surface area contributed by atoms with Crippen LogP contribution in [0.4, 0.5) is 0 Å². The van der Waals surface area contributed by atoms with Crippen LogP contribution in [0.5, 0.6) is 0 Å². The van der Waals surface area contributed by atoms with E-state index < -0.39 is 0 Å². The lowest BCUT2D eigenvalue weighted by atomic mass is 10.0. The first-order valence-corrected chi connectivity index (χ1v) is 10.8. The highest BCUT2D eigenvalue weighted by molar-refractivity contribution is 6.00. The van der Waals surface area contributed by atoms with Gasteiger partial charge in [0.25, 0.3) is 5.91 Å². The molecule has 1 aliphatic rings. The number of carbonyl (C=O) groups is 1. The van der Waals surface area contributed by atoms with Gasteiger partial charge in [0.15, 0.2) is 0 Å². The van der Waals surface area contributed by atoms with Gasteiger partial charge in [0, 0.05) is 24.8 Å². The number of nitrogens with zero attached hydrogens (tertiary/aromatic N) is 4. The molecule has 0 saturated carbocycles. The van der Waals surface area contributed by atoms with Gasteiger partial charge in [0.2, 0.25) is 0 Å². The third kappa shape index (κ3) is 4.17. The number of para-hydroxylation sites is 1. The van der Waals surface area contributed by atoms with Gasteiger partial charge in [-0.15, -0.1) is 0 Å². The number of hydrogen-bond donors (Lipinski definition) is 0. The number of carbonyl (C=O) groups excluding carboxylic acids is 1. The van der Waals surface area contributed by atoms with Crippen LogP contribution in [-0.2, 0) is 6.42 Å². The van der Waals surface area contributed by atoms with E-state index in [-0.39, 0.29) is 11.9 Å². The summed E-state index contributed by atoms with van der Waals surface area (Å²) in [5.41, 5.74) is 4.60. The molecule has 0 atom stereocenters. The topological polar surface area (TPSA) is 41.4 Å². The molecule has 0 radical (unpaired) electrons. The van der Waals surface area contributed by atoms with Gasteiger partial charge in [-0.1, -0.05) is 49.4 Å². The molecule has 1 aliphatic heterocycles. The molecule has 1 saturated heterocycles. The molecule has 0 N–H and O–H groups in total. The number of aryl methyl sites for hydroxylation is 1. The zero-order valence-electron chi connectivity index (χ0n) is 18.1. The summed E-state index contributed by atoms with van der Waals surface area (Å²) in [5.74, 6) is 0.0429. The summed E-state index contributed by atoms with van der Waals surface area (Å²) in [7, 11) is 4.07. The van der Waals surface area contributed by atoms with Crippen LogP contribution in [0, 0.1) is 0 Å². The Morgan fingerprint density at radius 1 is 1.07 bits per heavy atom. The fourth-order valence-corrected chi connectivity index (χ4v) is 4.09. The number of hydrogen-bond acceptors (Lipinski definition) is 3. The minimum Gasteiger partial charge on any atom is -0.339 e. The van der Waals surface area contributed by atoms with Crippen molar-refractivity contribution in [2.75, 3.05) is 27.2 Å². The maximum absolute atomic E-state index is 13.5. The van der Waals surface area contributed by atoms with Crippen LogP contribution in [0.25, 0.3) is 16.9 Å². The van der Waals surface area contributed by atoms with E-state index in [9.17, 15) is 4.79 Å². The van der Waals surface area contributed by atoms with E-state index in [0.717, 1.165) is 49.3 Å². The van der Waals surface area contributed by atoms with Crippen LogP contribution in [0.1, 0.15) is 35.7 Å². The minimum atomic E-state index is 0.0429. The Hall–Kier alpha value is -2.92. The maximum atomic E-state index is 13.5. The molecule has 0 bridgehead atoms. The van der Waals surface area contributed by atoms with Gasteiger partial charge in [-0.2, -0.15) is 5.10 Å². The van der Waals surface area contributed by atoms with Crippen molar-refractivity contribution >= 4 is 5.91 Å². The van der Waals surface area contributed by atoms with Gasteiger partial charge in [-0.3, -0.25) is 4.79 Å². The highest BCUT2D eigenvalue weighted by Gasteiger charge is 2.28. The quantitative estimate of drug-likeness (QED) is 0.640. The highest BCUT2D eigenvalue weighted by Crippen LogP contribution is 2.27. The minimum absolute atomic E-state index is 0.0429. The molecular weight excluding hydrogens is 372 g/mol. The SMILES string of the molecule is CCc1ccc(-c2nn(-c3ccccc3)cc2C(=O)N(C)C2CCN(C)CC2)cc1. The molecule has 0 unspecified atom stereocenters. The molecule has 5 heteroatoms. The van der Waals surface area contributed by atoms with Gasteiger partial charge in [0.05, 0.1) is 11.3 Å². The van der Waals surface area contributed by atoms with Crippen molar-refractivity contribution in [2.24, 2.45) is 0 Å². The number of amides is 1. The van der Waals surface area contributed by atoms with E-state index in [0.29, 0.717) is 5.56 Å². The van der Waals surface area contributed by atoms with E-state index in [4.69, 9.17) is 5.10 Å². The molecule has 2 heterocycles. The van der Waals surface area contributed by atoms with Crippen molar-refractivity contribution in [3.63, 3.8) is 0 Å². The molecule has 30 heavy (non-hydrogen) atoms. The van der Waals surface area contributed by atoms with Gasteiger partial charge >= 0.3 is 0 Å². The molecule has 1 amide bonds. The standard InChI is InChI=1S/C25H30N4O/c1-4-19-10-12-20(13-11-19)24-23(18-29(26-24)22-8-6-5-7-9-22)25(30)28(3)21-14-16-27(2)17-15-21/h5-13,18,21H,4,14-17H2,1-3H3. The number of piperidine rings is 1. The number of aromatic nitrogens is 2. The van der Waals surface area contributed by atoms with Crippen LogP contribution < -0.4 is 0 Å². The van der Waals surface area contributed by atoms with Crippen LogP contribution in [-0.4, -0.2) is 58.7 Å². The van der Waals surface area contributed by atoms with Crippen molar-refractivity contribution in [2.45, 2.75) is 32.2 Å². The Balaban J connectivity index is 1.71. The zero-order valence-corrected chi connectivity index (χ0v) is 18.1. The first-order chi connectivity index (χ1) is 14.6. The Morgan fingerprint density at radius 3 is 2.37 bits per heavy atom. The lowest BCUT2D eigenvalue weighted by Gasteiger charge is -2.35. The monoisotopic (exact) mass is 402 g/mol. The predicted octanol–water partition coefficient (Wildman–Crippen LogP) is 4.27. The van der Waals surface area contributed by atoms with Crippen molar-refractivity contribution in [1.29, 1.82) is 0 Å². The highest BCUT2D eigenvalue weighted by atomic mass is 16.2. The fraction of sp³-hybridized carbons (Fsp3) is 0.360. The van der Waals surface area contributed by atoms with Crippen molar-refractivity contribution in [1.82, 2.24) is 19.6 Å². The molecule has 4 rings (SSSR count). The Bertz CT molecular complexity index is 986. The van der Waals surface area contributed by atoms with Crippen LogP contribution in [0.15, 0.2) is 60.8 Å². The molecule has 5 nitrogen and oxygen atoms in total. The van der Waals surface area contributed by atoms with Gasteiger partial charge in [-0.25, -0.2) is 4.68 Å². The fourth-order valence-electron chi connectivity index (χ4n) is 4.09. The molecule has 0 aliphatic carbocycles. The normalized spacial score (nSPS) is 15.3. The second-order valence-corrected chi connectivity index (χ2v) is 8.17. The molecule has 1 aromatic heterocycles. The molecular formula is C25H30N4O. The average Bonchev–Trinajstić information content (AvgIpc) is 3.25. The van der Waals surface area contributed by atoms with Gasteiger partial charge in [0.1, 0.15) is 5.69 Å². The third-order valence-corrected chi connectivity index (χ3v) is 6.16. The number of likely N-dealkylation sites (tertiary alicyclic amines) is 1. The Labute approximate surface area is 178 Å². The van der Waals surface area contributed by atoms with E-state index in [2.05, 4.69) is 43.1 Å². The van der Waals surface area contributed by atoms with Crippen LogP contribution >= 0.6 is 0 Å². The van der Waals surface area contributed by atoms with Crippen molar-refractivity contribution in [3.8, 4) is 16.9 Å². The van der Waals surface area contributed by atoms with E-state index in [1.54, 1.807) is 0 Å². The average molecular weight is 403 g/mol. The second-order valence-electron chi connectivity index (χ2n) is 8.17. The van der Waals surface area contributed by atoms with Crippen molar-refractivity contribution < 1.29 is 4.79 Å². The van der Waals surface area contributed by atoms with E-state index in [1.165, 1.54) is 5.56 Å².